The standard InChI is InChI=1S/C14H23NO2S/c1-11(16)18-13-8-14(17)15(10-13)9-12-6-4-2-3-5-7-12/h12-13H,2-10H2,1H3. The van der Waals surface area contributed by atoms with Crippen LogP contribution in [-0.4, -0.2) is 34.3 Å². The minimum Gasteiger partial charge on any atom is -0.341 e. The summed E-state index contributed by atoms with van der Waals surface area (Å²) in [5.41, 5.74) is 0. The van der Waals surface area contributed by atoms with E-state index in [4.69, 9.17) is 0 Å². The van der Waals surface area contributed by atoms with Gasteiger partial charge in [-0.1, -0.05) is 37.4 Å². The molecule has 0 N–H and O–H groups in total. The first-order chi connectivity index (χ1) is 8.65. The average Bonchev–Trinajstić information content (AvgIpc) is 2.53. The molecule has 1 atom stereocenters. The Morgan fingerprint density at radius 1 is 1.28 bits per heavy atom. The zero-order valence-corrected chi connectivity index (χ0v) is 12.0. The molecule has 1 aliphatic carbocycles. The molecule has 1 unspecified atom stereocenters. The van der Waals surface area contributed by atoms with Gasteiger partial charge in [-0.05, 0) is 18.8 Å². The van der Waals surface area contributed by atoms with Crippen LogP contribution in [0.2, 0.25) is 0 Å². The minimum absolute atomic E-state index is 0.129. The summed E-state index contributed by atoms with van der Waals surface area (Å²) < 4.78 is 0. The molecule has 2 rings (SSSR count). The monoisotopic (exact) mass is 269 g/mol. The van der Waals surface area contributed by atoms with Gasteiger partial charge < -0.3 is 4.90 Å². The molecule has 0 aromatic carbocycles. The smallest absolute Gasteiger partial charge is 0.223 e. The molecule has 1 aliphatic heterocycles. The fourth-order valence-electron chi connectivity index (χ4n) is 3.08. The van der Waals surface area contributed by atoms with Crippen LogP contribution in [0.25, 0.3) is 0 Å². The summed E-state index contributed by atoms with van der Waals surface area (Å²) >= 11 is 1.33. The summed E-state index contributed by atoms with van der Waals surface area (Å²) in [5, 5.41) is 0.324. The van der Waals surface area contributed by atoms with Crippen LogP contribution >= 0.6 is 11.8 Å². The molecule has 18 heavy (non-hydrogen) atoms. The Bertz CT molecular complexity index is 311. The Hall–Kier alpha value is -0.510. The number of hydrogen-bond donors (Lipinski definition) is 0. The molecule has 2 fully saturated rings. The topological polar surface area (TPSA) is 37.4 Å². The Morgan fingerprint density at radius 2 is 1.94 bits per heavy atom. The number of likely N-dealkylation sites (tertiary alicyclic amines) is 1. The van der Waals surface area contributed by atoms with Crippen LogP contribution in [0.15, 0.2) is 0 Å². The van der Waals surface area contributed by atoms with E-state index in [0.29, 0.717) is 12.3 Å². The highest BCUT2D eigenvalue weighted by atomic mass is 32.2. The first-order valence-electron chi connectivity index (χ1n) is 7.10. The van der Waals surface area contributed by atoms with Gasteiger partial charge in [0.25, 0.3) is 0 Å². The summed E-state index contributed by atoms with van der Waals surface area (Å²) in [6.45, 7) is 3.29. The van der Waals surface area contributed by atoms with Crippen molar-refractivity contribution in [2.24, 2.45) is 5.92 Å². The summed E-state index contributed by atoms with van der Waals surface area (Å²) in [7, 11) is 0. The molecule has 0 aromatic heterocycles. The van der Waals surface area contributed by atoms with Gasteiger partial charge in [0, 0.05) is 31.7 Å². The van der Waals surface area contributed by atoms with Gasteiger partial charge in [0.05, 0.1) is 0 Å². The predicted molar refractivity (Wildman–Crippen MR) is 74.4 cm³/mol. The normalized spacial score (nSPS) is 26.4. The Labute approximate surface area is 114 Å². The first-order valence-corrected chi connectivity index (χ1v) is 7.98. The van der Waals surface area contributed by atoms with Crippen LogP contribution in [0, 0.1) is 5.92 Å². The Kier molecular flexibility index (Phi) is 5.10. The summed E-state index contributed by atoms with van der Waals surface area (Å²) in [6.07, 6.45) is 8.44. The highest BCUT2D eigenvalue weighted by Crippen LogP contribution is 2.28. The van der Waals surface area contributed by atoms with Crippen LogP contribution in [-0.2, 0) is 9.59 Å². The summed E-state index contributed by atoms with van der Waals surface area (Å²) in [5.74, 6) is 0.940. The van der Waals surface area contributed by atoms with E-state index in [1.807, 2.05) is 4.90 Å². The van der Waals surface area contributed by atoms with Crippen molar-refractivity contribution >= 4 is 22.8 Å². The molecular formula is C14H23NO2S. The molecule has 0 bridgehead atoms. The predicted octanol–water partition coefficient (Wildman–Crippen LogP) is 2.84. The summed E-state index contributed by atoms with van der Waals surface area (Å²) in [6, 6.07) is 0. The van der Waals surface area contributed by atoms with E-state index < -0.39 is 0 Å². The number of carbonyl (C=O) groups is 2. The number of amides is 1. The van der Waals surface area contributed by atoms with Gasteiger partial charge in [0.2, 0.25) is 5.91 Å². The van der Waals surface area contributed by atoms with E-state index >= 15 is 0 Å². The highest BCUT2D eigenvalue weighted by molar-refractivity contribution is 8.14. The maximum absolute atomic E-state index is 11.9. The van der Waals surface area contributed by atoms with Crippen molar-refractivity contribution in [3.8, 4) is 0 Å². The third-order valence-corrected chi connectivity index (χ3v) is 4.95. The van der Waals surface area contributed by atoms with Gasteiger partial charge in [-0.25, -0.2) is 0 Å². The highest BCUT2D eigenvalue weighted by Gasteiger charge is 2.32. The van der Waals surface area contributed by atoms with Crippen molar-refractivity contribution in [3.05, 3.63) is 0 Å². The molecular weight excluding hydrogens is 246 g/mol. The van der Waals surface area contributed by atoms with Crippen LogP contribution in [0.3, 0.4) is 0 Å². The molecule has 3 nitrogen and oxygen atoms in total. The molecule has 2 aliphatic rings. The van der Waals surface area contributed by atoms with Gasteiger partial charge in [0.15, 0.2) is 5.12 Å². The second-order valence-corrected chi connectivity index (χ2v) is 7.07. The van der Waals surface area contributed by atoms with Gasteiger partial charge >= 0.3 is 0 Å². The molecule has 0 spiro atoms. The van der Waals surface area contributed by atoms with Crippen LogP contribution < -0.4 is 0 Å². The lowest BCUT2D eigenvalue weighted by Crippen LogP contribution is -2.31. The lowest BCUT2D eigenvalue weighted by atomic mass is 10.00. The number of hydrogen-bond acceptors (Lipinski definition) is 3. The molecule has 4 heteroatoms. The lowest BCUT2D eigenvalue weighted by molar-refractivity contribution is -0.128. The molecule has 102 valence electrons. The largest absolute Gasteiger partial charge is 0.341 e. The van der Waals surface area contributed by atoms with Crippen molar-refractivity contribution in [1.82, 2.24) is 4.90 Å². The fraction of sp³-hybridized carbons (Fsp3) is 0.857. The van der Waals surface area contributed by atoms with Gasteiger partial charge in [-0.2, -0.15) is 0 Å². The van der Waals surface area contributed by atoms with Gasteiger partial charge in [-0.15, -0.1) is 0 Å². The van der Waals surface area contributed by atoms with E-state index in [1.165, 1.54) is 50.3 Å². The number of thioether (sulfide) groups is 1. The molecule has 0 aromatic rings. The number of carbonyl (C=O) groups excluding carboxylic acids is 2. The van der Waals surface area contributed by atoms with E-state index in [1.54, 1.807) is 6.92 Å². The maximum atomic E-state index is 11.9. The van der Waals surface area contributed by atoms with Crippen molar-refractivity contribution in [2.45, 2.75) is 57.1 Å². The van der Waals surface area contributed by atoms with Crippen molar-refractivity contribution in [1.29, 1.82) is 0 Å². The fourth-order valence-corrected chi connectivity index (χ4v) is 4.03. The maximum Gasteiger partial charge on any atom is 0.223 e. The van der Waals surface area contributed by atoms with E-state index in [-0.39, 0.29) is 16.3 Å². The zero-order valence-electron chi connectivity index (χ0n) is 11.2. The van der Waals surface area contributed by atoms with Crippen molar-refractivity contribution in [3.63, 3.8) is 0 Å². The quantitative estimate of drug-likeness (QED) is 0.739. The molecule has 1 saturated heterocycles. The molecule has 1 saturated carbocycles. The van der Waals surface area contributed by atoms with Crippen molar-refractivity contribution in [2.75, 3.05) is 13.1 Å². The number of rotatable bonds is 3. The second kappa shape index (κ2) is 6.60. The lowest BCUT2D eigenvalue weighted by Gasteiger charge is -2.22. The first kappa shape index (κ1) is 13.9. The van der Waals surface area contributed by atoms with E-state index in [2.05, 4.69) is 0 Å². The van der Waals surface area contributed by atoms with Crippen LogP contribution in [0.4, 0.5) is 0 Å². The zero-order chi connectivity index (χ0) is 13.0. The second-order valence-electron chi connectivity index (χ2n) is 5.59. The van der Waals surface area contributed by atoms with Crippen LogP contribution in [0.1, 0.15) is 51.9 Å². The average molecular weight is 269 g/mol. The SMILES string of the molecule is CC(=O)SC1CC(=O)N(CC2CCCCCC2)C1. The molecule has 1 heterocycles. The molecule has 0 radical (unpaired) electrons. The van der Waals surface area contributed by atoms with Gasteiger partial charge in [0.1, 0.15) is 0 Å². The van der Waals surface area contributed by atoms with E-state index in [9.17, 15) is 9.59 Å². The number of nitrogens with zero attached hydrogens (tertiary/aromatic N) is 1. The third kappa shape index (κ3) is 4.01. The minimum atomic E-state index is 0.129. The van der Waals surface area contributed by atoms with Crippen LogP contribution in [0.5, 0.6) is 0 Å². The van der Waals surface area contributed by atoms with Gasteiger partial charge in [-0.3, -0.25) is 9.59 Å². The Balaban J connectivity index is 1.81. The Morgan fingerprint density at radius 3 is 2.56 bits per heavy atom. The third-order valence-electron chi connectivity index (χ3n) is 3.96. The molecule has 1 amide bonds. The van der Waals surface area contributed by atoms with Crippen molar-refractivity contribution < 1.29 is 9.59 Å². The summed E-state index contributed by atoms with van der Waals surface area (Å²) in [4.78, 5) is 25.0. The van der Waals surface area contributed by atoms with E-state index in [0.717, 1.165) is 13.1 Å².